The van der Waals surface area contributed by atoms with Crippen molar-refractivity contribution in [1.82, 2.24) is 4.57 Å². The summed E-state index contributed by atoms with van der Waals surface area (Å²) >= 11 is 0. The molecule has 0 radical (unpaired) electrons. The number of rotatable bonds is 3. The minimum atomic E-state index is -0.685. The topological polar surface area (TPSA) is 77.6 Å². The van der Waals surface area contributed by atoms with Crippen molar-refractivity contribution < 1.29 is 18.7 Å². The van der Waals surface area contributed by atoms with Crippen molar-refractivity contribution in [3.8, 4) is 16.9 Å². The average Bonchev–Trinajstić information content (AvgIpc) is 3.12. The molecule has 32 heavy (non-hydrogen) atoms. The zero-order valence-corrected chi connectivity index (χ0v) is 17.3. The van der Waals surface area contributed by atoms with Crippen LogP contribution < -0.4 is 15.4 Å². The fourth-order valence-corrected chi connectivity index (χ4v) is 4.20. The molecule has 2 amide bonds. The number of amides is 2. The molecule has 2 heterocycles. The number of hydrogen-bond donors (Lipinski definition) is 1. The smallest absolute Gasteiger partial charge is 0.253 e. The van der Waals surface area contributed by atoms with Crippen LogP contribution >= 0.6 is 0 Å². The second kappa shape index (κ2) is 7.53. The van der Waals surface area contributed by atoms with Gasteiger partial charge in [-0.1, -0.05) is 30.3 Å². The van der Waals surface area contributed by atoms with Gasteiger partial charge in [-0.05, 0) is 36.4 Å². The third-order valence-electron chi connectivity index (χ3n) is 5.86. The standard InChI is InChI=1S/C25H20FN3O3/c1-28-21-8-4-5-9-23(21)32-14-22(25(28)31)29-13-18(16-6-2-3-7-19(16)26)17-12-15(24(27)30)10-11-20(17)29/h2-13,22H,14H2,1H3,(H2,27,30)/t22-/m0/s1. The van der Waals surface area contributed by atoms with Crippen LogP contribution in [0.4, 0.5) is 10.1 Å². The molecule has 0 bridgehead atoms. The lowest BCUT2D eigenvalue weighted by Gasteiger charge is -2.21. The molecule has 0 fully saturated rings. The van der Waals surface area contributed by atoms with Crippen LogP contribution in [0.15, 0.2) is 72.9 Å². The minimum Gasteiger partial charge on any atom is -0.489 e. The number of fused-ring (bicyclic) bond motifs is 2. The monoisotopic (exact) mass is 429 g/mol. The Labute approximate surface area is 183 Å². The van der Waals surface area contributed by atoms with Crippen LogP contribution in [-0.2, 0) is 4.79 Å². The molecule has 6 nitrogen and oxygen atoms in total. The zero-order chi connectivity index (χ0) is 22.4. The lowest BCUT2D eigenvalue weighted by atomic mass is 10.0. The van der Waals surface area contributed by atoms with Gasteiger partial charge in [-0.15, -0.1) is 0 Å². The maximum absolute atomic E-state index is 14.7. The first-order chi connectivity index (χ1) is 15.5. The lowest BCUT2D eigenvalue weighted by Crippen LogP contribution is -2.35. The number of para-hydroxylation sites is 2. The van der Waals surface area contributed by atoms with Gasteiger partial charge in [0, 0.05) is 40.8 Å². The molecule has 0 aliphatic carbocycles. The predicted octanol–water partition coefficient (Wildman–Crippen LogP) is 4.14. The molecular formula is C25H20FN3O3. The highest BCUT2D eigenvalue weighted by molar-refractivity contribution is 6.04. The summed E-state index contributed by atoms with van der Waals surface area (Å²) < 4.78 is 22.5. The van der Waals surface area contributed by atoms with Gasteiger partial charge in [0.1, 0.15) is 24.2 Å². The SMILES string of the molecule is CN1C(=O)[C@@H](n2cc(-c3ccccc3F)c3cc(C(N)=O)ccc32)COc2ccccc21. The molecule has 1 aromatic heterocycles. The largest absolute Gasteiger partial charge is 0.489 e. The van der Waals surface area contributed by atoms with E-state index in [0.717, 1.165) is 0 Å². The van der Waals surface area contributed by atoms with Crippen molar-refractivity contribution in [1.29, 1.82) is 0 Å². The summed E-state index contributed by atoms with van der Waals surface area (Å²) in [6.07, 6.45) is 1.74. The van der Waals surface area contributed by atoms with Crippen LogP contribution in [0.5, 0.6) is 5.75 Å². The van der Waals surface area contributed by atoms with Crippen molar-refractivity contribution >= 4 is 28.4 Å². The second-order valence-electron chi connectivity index (χ2n) is 7.72. The number of primary amides is 1. The van der Waals surface area contributed by atoms with E-state index in [1.54, 1.807) is 59.1 Å². The van der Waals surface area contributed by atoms with Crippen molar-refractivity contribution in [2.24, 2.45) is 5.73 Å². The molecule has 0 spiro atoms. The second-order valence-corrected chi connectivity index (χ2v) is 7.72. The molecule has 2 N–H and O–H groups in total. The first kappa shape index (κ1) is 19.8. The number of benzene rings is 3. The van der Waals surface area contributed by atoms with Crippen LogP contribution in [0, 0.1) is 5.82 Å². The number of nitrogens with zero attached hydrogens (tertiary/aromatic N) is 2. The van der Waals surface area contributed by atoms with Crippen LogP contribution in [0.1, 0.15) is 16.4 Å². The number of nitrogens with two attached hydrogens (primary N) is 1. The first-order valence-corrected chi connectivity index (χ1v) is 10.1. The van der Waals surface area contributed by atoms with Crippen molar-refractivity contribution in [2.75, 3.05) is 18.6 Å². The molecule has 1 aliphatic heterocycles. The van der Waals surface area contributed by atoms with Crippen molar-refractivity contribution in [3.63, 3.8) is 0 Å². The summed E-state index contributed by atoms with van der Waals surface area (Å²) in [7, 11) is 1.71. The quantitative estimate of drug-likeness (QED) is 0.532. The number of anilines is 1. The Hall–Kier alpha value is -4.13. The number of likely N-dealkylation sites (N-methyl/N-ethyl adjacent to an activating group) is 1. The van der Waals surface area contributed by atoms with E-state index in [1.165, 1.54) is 6.07 Å². The van der Waals surface area contributed by atoms with Gasteiger partial charge in [0.2, 0.25) is 5.91 Å². The fourth-order valence-electron chi connectivity index (χ4n) is 4.20. The van der Waals surface area contributed by atoms with Crippen molar-refractivity contribution in [3.05, 3.63) is 84.3 Å². The van der Waals surface area contributed by atoms with E-state index in [-0.39, 0.29) is 12.5 Å². The normalized spacial score (nSPS) is 15.9. The van der Waals surface area contributed by atoms with Crippen LogP contribution in [-0.4, -0.2) is 30.0 Å². The third kappa shape index (κ3) is 3.10. The summed E-state index contributed by atoms with van der Waals surface area (Å²) in [4.78, 5) is 26.8. The molecule has 0 saturated heterocycles. The molecule has 3 aromatic carbocycles. The predicted molar refractivity (Wildman–Crippen MR) is 120 cm³/mol. The molecule has 4 aromatic rings. The Morgan fingerprint density at radius 1 is 1.06 bits per heavy atom. The van der Waals surface area contributed by atoms with Gasteiger partial charge in [-0.2, -0.15) is 0 Å². The summed E-state index contributed by atoms with van der Waals surface area (Å²) in [5, 5.41) is 0.628. The Morgan fingerprint density at radius 3 is 2.59 bits per heavy atom. The summed E-state index contributed by atoms with van der Waals surface area (Å²) in [5.41, 5.74) is 8.09. The molecule has 7 heteroatoms. The van der Waals surface area contributed by atoms with Crippen molar-refractivity contribution in [2.45, 2.75) is 6.04 Å². The molecule has 1 atom stereocenters. The maximum atomic E-state index is 14.7. The summed E-state index contributed by atoms with van der Waals surface area (Å²) in [6, 6.07) is 18.0. The molecular weight excluding hydrogens is 409 g/mol. The van der Waals surface area contributed by atoms with Crippen LogP contribution in [0.25, 0.3) is 22.0 Å². The number of aromatic nitrogens is 1. The minimum absolute atomic E-state index is 0.109. The highest BCUT2D eigenvalue weighted by Crippen LogP contribution is 2.38. The summed E-state index contributed by atoms with van der Waals surface area (Å²) in [6.45, 7) is 0.109. The Kier molecular flexibility index (Phi) is 4.66. The van der Waals surface area contributed by atoms with E-state index >= 15 is 0 Å². The Bertz CT molecular complexity index is 1380. The zero-order valence-electron chi connectivity index (χ0n) is 17.3. The number of carbonyl (C=O) groups excluding carboxylic acids is 2. The number of ether oxygens (including phenoxy) is 1. The van der Waals surface area contributed by atoms with Crippen LogP contribution in [0.3, 0.4) is 0 Å². The molecule has 1 aliphatic rings. The first-order valence-electron chi connectivity index (χ1n) is 10.1. The lowest BCUT2D eigenvalue weighted by molar-refractivity contribution is -0.121. The van der Waals surface area contributed by atoms with E-state index in [2.05, 4.69) is 0 Å². The Morgan fingerprint density at radius 2 is 1.81 bits per heavy atom. The van der Waals surface area contributed by atoms with Crippen LogP contribution in [0.2, 0.25) is 0 Å². The number of carbonyl (C=O) groups is 2. The van der Waals surface area contributed by atoms with E-state index in [1.807, 2.05) is 24.3 Å². The van der Waals surface area contributed by atoms with E-state index in [4.69, 9.17) is 10.5 Å². The van der Waals surface area contributed by atoms with Gasteiger partial charge in [-0.3, -0.25) is 9.59 Å². The van der Waals surface area contributed by atoms with Gasteiger partial charge < -0.3 is 19.9 Å². The Balaban J connectivity index is 1.71. The van der Waals surface area contributed by atoms with Gasteiger partial charge in [0.05, 0.1) is 5.69 Å². The number of hydrogen-bond acceptors (Lipinski definition) is 3. The molecule has 0 saturated carbocycles. The average molecular weight is 429 g/mol. The highest BCUT2D eigenvalue weighted by atomic mass is 19.1. The third-order valence-corrected chi connectivity index (χ3v) is 5.86. The molecule has 0 unspecified atom stereocenters. The van der Waals surface area contributed by atoms with E-state index < -0.39 is 17.8 Å². The number of halogens is 1. The van der Waals surface area contributed by atoms with Gasteiger partial charge >= 0.3 is 0 Å². The van der Waals surface area contributed by atoms with E-state index in [9.17, 15) is 14.0 Å². The van der Waals surface area contributed by atoms with Gasteiger partial charge in [0.25, 0.3) is 5.91 Å². The van der Waals surface area contributed by atoms with Gasteiger partial charge in [-0.25, -0.2) is 4.39 Å². The fraction of sp³-hybridized carbons (Fsp3) is 0.120. The van der Waals surface area contributed by atoms with E-state index in [0.29, 0.717) is 39.0 Å². The van der Waals surface area contributed by atoms with Gasteiger partial charge in [0.15, 0.2) is 0 Å². The molecule has 160 valence electrons. The molecule has 5 rings (SSSR count). The highest BCUT2D eigenvalue weighted by Gasteiger charge is 2.32. The summed E-state index contributed by atoms with van der Waals surface area (Å²) in [5.74, 6) is -0.522. The maximum Gasteiger partial charge on any atom is 0.253 e.